The predicted octanol–water partition coefficient (Wildman–Crippen LogP) is 2.40. The number of anilines is 1. The van der Waals surface area contributed by atoms with Gasteiger partial charge in [0.15, 0.2) is 5.82 Å². The summed E-state index contributed by atoms with van der Waals surface area (Å²) in [5.74, 6) is 2.29. The van der Waals surface area contributed by atoms with Gasteiger partial charge < -0.3 is 20.9 Å². The maximum atomic E-state index is 12.6. The molecule has 0 spiro atoms. The normalized spacial score (nSPS) is 14.6. The Hall–Kier alpha value is -2.55. The van der Waals surface area contributed by atoms with Crippen molar-refractivity contribution in [3.05, 3.63) is 30.1 Å². The molecule has 0 saturated heterocycles. The summed E-state index contributed by atoms with van der Waals surface area (Å²) < 4.78 is 2.17. The van der Waals surface area contributed by atoms with Gasteiger partial charge in [0, 0.05) is 24.2 Å². The van der Waals surface area contributed by atoms with Crippen LogP contribution < -0.4 is 16.4 Å². The Morgan fingerprint density at radius 1 is 1.29 bits per heavy atom. The van der Waals surface area contributed by atoms with Crippen LogP contribution in [0.4, 0.5) is 10.5 Å². The molecule has 2 heterocycles. The summed E-state index contributed by atoms with van der Waals surface area (Å²) in [6.45, 7) is 0.910. The van der Waals surface area contributed by atoms with E-state index in [1.54, 1.807) is 11.8 Å². The van der Waals surface area contributed by atoms with Crippen molar-refractivity contribution in [3.63, 3.8) is 0 Å². The molecule has 28 heavy (non-hydrogen) atoms. The Balaban J connectivity index is 1.77. The SMILES string of the molecule is CSCC[C@@H](NC(N)=O)C(=O)Nc1cccc(-c2nnc3n2CCCCC3)c1. The zero-order valence-electron chi connectivity index (χ0n) is 16.0. The number of hydrogen-bond donors (Lipinski definition) is 3. The molecule has 150 valence electrons. The van der Waals surface area contributed by atoms with Gasteiger partial charge in [0.2, 0.25) is 5.91 Å². The van der Waals surface area contributed by atoms with E-state index in [9.17, 15) is 9.59 Å². The van der Waals surface area contributed by atoms with Crippen LogP contribution in [0.1, 0.15) is 31.5 Å². The van der Waals surface area contributed by atoms with Crippen molar-refractivity contribution in [3.8, 4) is 11.4 Å². The van der Waals surface area contributed by atoms with Crippen molar-refractivity contribution >= 4 is 29.4 Å². The summed E-state index contributed by atoms with van der Waals surface area (Å²) in [6.07, 6.45) is 6.85. The number of nitrogens with zero attached hydrogens (tertiary/aromatic N) is 3. The lowest BCUT2D eigenvalue weighted by Gasteiger charge is -2.17. The lowest BCUT2D eigenvalue weighted by Crippen LogP contribution is -2.46. The lowest BCUT2D eigenvalue weighted by molar-refractivity contribution is -0.117. The number of carbonyl (C=O) groups excluding carboxylic acids is 2. The molecule has 0 unspecified atom stereocenters. The molecule has 1 aliphatic rings. The summed E-state index contributed by atoms with van der Waals surface area (Å²) >= 11 is 1.61. The number of primary amides is 1. The molecule has 3 rings (SSSR count). The summed E-state index contributed by atoms with van der Waals surface area (Å²) in [6, 6.07) is 6.17. The van der Waals surface area contributed by atoms with E-state index < -0.39 is 12.1 Å². The van der Waals surface area contributed by atoms with Crippen molar-refractivity contribution in [1.82, 2.24) is 20.1 Å². The van der Waals surface area contributed by atoms with E-state index in [1.807, 2.05) is 30.5 Å². The molecule has 0 fully saturated rings. The van der Waals surface area contributed by atoms with Gasteiger partial charge in [0.1, 0.15) is 11.9 Å². The van der Waals surface area contributed by atoms with Gasteiger partial charge in [-0.2, -0.15) is 11.8 Å². The van der Waals surface area contributed by atoms with E-state index in [4.69, 9.17) is 5.73 Å². The molecule has 1 aliphatic heterocycles. The smallest absolute Gasteiger partial charge is 0.312 e. The minimum Gasteiger partial charge on any atom is -0.352 e. The molecule has 0 radical (unpaired) electrons. The maximum Gasteiger partial charge on any atom is 0.312 e. The number of benzene rings is 1. The molecule has 8 nitrogen and oxygen atoms in total. The first kappa shape index (κ1) is 20.2. The summed E-state index contributed by atoms with van der Waals surface area (Å²) in [7, 11) is 0. The van der Waals surface area contributed by atoms with Crippen LogP contribution in [-0.4, -0.2) is 44.8 Å². The topological polar surface area (TPSA) is 115 Å². The number of carbonyl (C=O) groups is 2. The van der Waals surface area contributed by atoms with Crippen LogP contribution in [0, 0.1) is 0 Å². The van der Waals surface area contributed by atoms with Gasteiger partial charge in [-0.15, -0.1) is 10.2 Å². The fourth-order valence-electron chi connectivity index (χ4n) is 3.34. The molecule has 0 aliphatic carbocycles. The van der Waals surface area contributed by atoms with Gasteiger partial charge in [-0.05, 0) is 43.4 Å². The van der Waals surface area contributed by atoms with Gasteiger partial charge in [-0.1, -0.05) is 18.6 Å². The molecule has 3 amide bonds. The van der Waals surface area contributed by atoms with Crippen LogP contribution in [0.2, 0.25) is 0 Å². The number of nitrogens with one attached hydrogen (secondary N) is 2. The molecule has 4 N–H and O–H groups in total. The Morgan fingerprint density at radius 2 is 2.14 bits per heavy atom. The molecule has 1 aromatic carbocycles. The van der Waals surface area contributed by atoms with Crippen molar-refractivity contribution in [2.75, 3.05) is 17.3 Å². The van der Waals surface area contributed by atoms with E-state index in [1.165, 1.54) is 6.42 Å². The second-order valence-corrected chi connectivity index (χ2v) is 7.80. The zero-order valence-corrected chi connectivity index (χ0v) is 16.8. The number of amides is 3. The van der Waals surface area contributed by atoms with E-state index >= 15 is 0 Å². The van der Waals surface area contributed by atoms with Crippen LogP contribution in [0.25, 0.3) is 11.4 Å². The first-order valence-electron chi connectivity index (χ1n) is 9.47. The van der Waals surface area contributed by atoms with Gasteiger partial charge >= 0.3 is 6.03 Å². The number of hydrogen-bond acceptors (Lipinski definition) is 5. The van der Waals surface area contributed by atoms with Crippen LogP contribution in [0.3, 0.4) is 0 Å². The highest BCUT2D eigenvalue weighted by Gasteiger charge is 2.20. The average molecular weight is 403 g/mol. The Morgan fingerprint density at radius 3 is 2.93 bits per heavy atom. The third-order valence-corrected chi connectivity index (χ3v) is 5.39. The first-order valence-corrected chi connectivity index (χ1v) is 10.9. The van der Waals surface area contributed by atoms with Crippen LogP contribution in [0.15, 0.2) is 24.3 Å². The third-order valence-electron chi connectivity index (χ3n) is 4.74. The largest absolute Gasteiger partial charge is 0.352 e. The van der Waals surface area contributed by atoms with E-state index in [0.717, 1.165) is 48.8 Å². The Kier molecular flexibility index (Phi) is 6.91. The van der Waals surface area contributed by atoms with Crippen molar-refractivity contribution in [1.29, 1.82) is 0 Å². The highest BCUT2D eigenvalue weighted by atomic mass is 32.2. The third kappa shape index (κ3) is 5.03. The van der Waals surface area contributed by atoms with E-state index in [-0.39, 0.29) is 5.91 Å². The second kappa shape index (κ2) is 9.59. The quantitative estimate of drug-likeness (QED) is 0.658. The lowest BCUT2D eigenvalue weighted by atomic mass is 10.1. The van der Waals surface area contributed by atoms with Crippen LogP contribution in [0.5, 0.6) is 0 Å². The average Bonchev–Trinajstić information content (AvgIpc) is 2.93. The predicted molar refractivity (Wildman–Crippen MR) is 111 cm³/mol. The van der Waals surface area contributed by atoms with Crippen LogP contribution >= 0.6 is 11.8 Å². The molecule has 0 saturated carbocycles. The molecular weight excluding hydrogens is 376 g/mol. The number of aromatic nitrogens is 3. The molecule has 2 aromatic rings. The number of thioether (sulfide) groups is 1. The summed E-state index contributed by atoms with van der Waals surface area (Å²) in [5.41, 5.74) is 6.76. The molecule has 9 heteroatoms. The van der Waals surface area contributed by atoms with Crippen molar-refractivity contribution < 1.29 is 9.59 Å². The number of aryl methyl sites for hydroxylation is 1. The monoisotopic (exact) mass is 402 g/mol. The number of nitrogens with two attached hydrogens (primary N) is 1. The molecule has 0 bridgehead atoms. The number of fused-ring (bicyclic) bond motifs is 1. The molecular formula is C19H26N6O2S. The molecule has 1 atom stereocenters. The fourth-order valence-corrected chi connectivity index (χ4v) is 3.81. The van der Waals surface area contributed by atoms with Gasteiger partial charge in [0.05, 0.1) is 0 Å². The first-order chi connectivity index (χ1) is 13.6. The number of urea groups is 1. The number of rotatable bonds is 7. The van der Waals surface area contributed by atoms with E-state index in [0.29, 0.717) is 12.1 Å². The van der Waals surface area contributed by atoms with E-state index in [2.05, 4.69) is 25.4 Å². The minimum absolute atomic E-state index is 0.287. The highest BCUT2D eigenvalue weighted by Crippen LogP contribution is 2.25. The minimum atomic E-state index is -0.707. The van der Waals surface area contributed by atoms with Gasteiger partial charge in [0.25, 0.3) is 0 Å². The zero-order chi connectivity index (χ0) is 19.9. The van der Waals surface area contributed by atoms with Gasteiger partial charge in [-0.3, -0.25) is 4.79 Å². The maximum absolute atomic E-state index is 12.6. The molecule has 1 aromatic heterocycles. The standard InChI is InChI=1S/C19H26N6O2S/c1-28-11-9-15(22-19(20)27)18(26)21-14-7-5-6-13(12-14)17-24-23-16-8-3-2-4-10-25(16)17/h5-7,12,15H,2-4,8-11H2,1H3,(H,21,26)(H3,20,22,27)/t15-/m1/s1. The summed E-state index contributed by atoms with van der Waals surface area (Å²) in [5, 5.41) is 14.1. The summed E-state index contributed by atoms with van der Waals surface area (Å²) in [4.78, 5) is 23.8. The van der Waals surface area contributed by atoms with Crippen molar-refractivity contribution in [2.45, 2.75) is 44.7 Å². The van der Waals surface area contributed by atoms with Gasteiger partial charge in [-0.25, -0.2) is 4.79 Å². The second-order valence-electron chi connectivity index (χ2n) is 6.81. The Labute approximate surface area is 168 Å². The van der Waals surface area contributed by atoms with Crippen molar-refractivity contribution in [2.24, 2.45) is 5.73 Å². The Bertz CT molecular complexity index is 838. The van der Waals surface area contributed by atoms with Crippen LogP contribution in [-0.2, 0) is 17.8 Å². The highest BCUT2D eigenvalue weighted by molar-refractivity contribution is 7.98. The fraction of sp³-hybridized carbons (Fsp3) is 0.474.